The molecule has 32 heavy (non-hydrogen) atoms. The third kappa shape index (κ3) is 5.93. The third-order valence-corrected chi connectivity index (χ3v) is 4.92. The Balaban J connectivity index is 2.56. The molecule has 0 saturated heterocycles. The standard InChI is InChI=1S/C23H32N2O7/c1-22(2,3)32-21(28)24-23(20(27)31-6)13-9-7-8-10-19(26)25(23)15-16-11-12-17(29-4)14-18(16)30-5/h7,9,11-12,14H,8,10,13,15H2,1-6H3,(H,24,28)/t23-/m0/s1. The van der Waals surface area contributed by atoms with Crippen LogP contribution in [0.3, 0.4) is 0 Å². The topological polar surface area (TPSA) is 103 Å². The lowest BCUT2D eigenvalue weighted by Crippen LogP contribution is -2.67. The van der Waals surface area contributed by atoms with Gasteiger partial charge in [-0.1, -0.05) is 12.2 Å². The molecule has 176 valence electrons. The number of ether oxygens (including phenoxy) is 4. The van der Waals surface area contributed by atoms with Gasteiger partial charge in [0.05, 0.1) is 27.9 Å². The van der Waals surface area contributed by atoms with Gasteiger partial charge in [-0.25, -0.2) is 9.59 Å². The molecule has 0 aliphatic carbocycles. The Hall–Kier alpha value is -3.23. The van der Waals surface area contributed by atoms with Crippen molar-refractivity contribution >= 4 is 18.0 Å². The quantitative estimate of drug-likeness (QED) is 0.527. The molecule has 0 saturated carbocycles. The Labute approximate surface area is 188 Å². The van der Waals surface area contributed by atoms with E-state index in [1.165, 1.54) is 26.2 Å². The number of hydrogen-bond donors (Lipinski definition) is 1. The molecule has 0 radical (unpaired) electrons. The van der Waals surface area contributed by atoms with Crippen LogP contribution in [-0.4, -0.2) is 55.5 Å². The van der Waals surface area contributed by atoms with Gasteiger partial charge in [0.1, 0.15) is 17.1 Å². The molecular weight excluding hydrogens is 416 g/mol. The molecule has 1 aromatic carbocycles. The van der Waals surface area contributed by atoms with Crippen molar-refractivity contribution in [3.8, 4) is 11.5 Å². The summed E-state index contributed by atoms with van der Waals surface area (Å²) in [7, 11) is 4.25. The van der Waals surface area contributed by atoms with Crippen molar-refractivity contribution in [1.82, 2.24) is 10.2 Å². The lowest BCUT2D eigenvalue weighted by molar-refractivity contribution is -0.165. The first-order valence-electron chi connectivity index (χ1n) is 10.3. The summed E-state index contributed by atoms with van der Waals surface area (Å²) in [5.41, 5.74) is -1.96. The van der Waals surface area contributed by atoms with Crippen LogP contribution in [0.2, 0.25) is 0 Å². The van der Waals surface area contributed by atoms with E-state index < -0.39 is 23.3 Å². The summed E-state index contributed by atoms with van der Waals surface area (Å²) in [6, 6.07) is 5.16. The van der Waals surface area contributed by atoms with Gasteiger partial charge in [-0.05, 0) is 39.3 Å². The number of carbonyl (C=O) groups is 3. The molecule has 1 N–H and O–H groups in total. The molecule has 9 heteroatoms. The minimum atomic E-state index is -1.80. The van der Waals surface area contributed by atoms with E-state index in [1.54, 1.807) is 51.1 Å². The summed E-state index contributed by atoms with van der Waals surface area (Å²) in [6.45, 7) is 5.12. The fourth-order valence-corrected chi connectivity index (χ4v) is 3.42. The van der Waals surface area contributed by atoms with Crippen molar-refractivity contribution in [3.05, 3.63) is 35.9 Å². The van der Waals surface area contributed by atoms with Gasteiger partial charge in [-0.3, -0.25) is 10.1 Å². The number of nitrogens with one attached hydrogen (secondary N) is 1. The molecule has 1 aliphatic heterocycles. The number of carbonyl (C=O) groups excluding carboxylic acids is 3. The van der Waals surface area contributed by atoms with Crippen molar-refractivity contribution in [3.63, 3.8) is 0 Å². The van der Waals surface area contributed by atoms with Crippen molar-refractivity contribution in [2.45, 2.75) is 57.8 Å². The van der Waals surface area contributed by atoms with Crippen LogP contribution in [0.1, 0.15) is 45.6 Å². The van der Waals surface area contributed by atoms with Crippen LogP contribution >= 0.6 is 0 Å². The van der Waals surface area contributed by atoms with Gasteiger partial charge in [-0.2, -0.15) is 0 Å². The normalized spacial score (nSPS) is 18.9. The summed E-state index contributed by atoms with van der Waals surface area (Å²) in [5, 5.41) is 2.62. The maximum absolute atomic E-state index is 13.2. The van der Waals surface area contributed by atoms with E-state index >= 15 is 0 Å². The predicted octanol–water partition coefficient (Wildman–Crippen LogP) is 3.17. The molecule has 0 spiro atoms. The molecule has 0 fully saturated rings. The fourth-order valence-electron chi connectivity index (χ4n) is 3.42. The maximum Gasteiger partial charge on any atom is 0.409 e. The zero-order chi connectivity index (χ0) is 23.9. The number of allylic oxidation sites excluding steroid dienone is 1. The third-order valence-electron chi connectivity index (χ3n) is 4.92. The highest BCUT2D eigenvalue weighted by Crippen LogP contribution is 2.31. The average molecular weight is 449 g/mol. The van der Waals surface area contributed by atoms with Gasteiger partial charge < -0.3 is 23.8 Å². The van der Waals surface area contributed by atoms with Crippen molar-refractivity contribution in [1.29, 1.82) is 0 Å². The number of methoxy groups -OCH3 is 3. The zero-order valence-electron chi connectivity index (χ0n) is 19.5. The second kappa shape index (κ2) is 10.4. The average Bonchev–Trinajstić information content (AvgIpc) is 2.73. The number of benzene rings is 1. The van der Waals surface area contributed by atoms with Gasteiger partial charge >= 0.3 is 12.1 Å². The summed E-state index contributed by atoms with van der Waals surface area (Å²) >= 11 is 0. The zero-order valence-corrected chi connectivity index (χ0v) is 19.5. The highest BCUT2D eigenvalue weighted by atomic mass is 16.6. The van der Waals surface area contributed by atoms with Crippen LogP contribution in [0.4, 0.5) is 4.79 Å². The molecule has 2 amide bonds. The Bertz CT molecular complexity index is 876. The number of esters is 1. The van der Waals surface area contributed by atoms with E-state index in [2.05, 4.69) is 5.32 Å². The van der Waals surface area contributed by atoms with Gasteiger partial charge in [0, 0.05) is 24.5 Å². The first-order chi connectivity index (χ1) is 15.1. The number of nitrogens with zero attached hydrogens (tertiary/aromatic N) is 1. The molecule has 0 unspecified atom stereocenters. The summed E-state index contributed by atoms with van der Waals surface area (Å²) in [5.74, 6) is -0.0474. The molecule has 2 rings (SSSR count). The van der Waals surface area contributed by atoms with Gasteiger partial charge in [0.2, 0.25) is 11.6 Å². The van der Waals surface area contributed by atoms with Crippen LogP contribution in [-0.2, 0) is 25.6 Å². The van der Waals surface area contributed by atoms with Crippen LogP contribution in [0.15, 0.2) is 30.4 Å². The number of amides is 2. The summed E-state index contributed by atoms with van der Waals surface area (Å²) in [4.78, 5) is 40.3. The lowest BCUT2D eigenvalue weighted by atomic mass is 9.98. The van der Waals surface area contributed by atoms with Crippen LogP contribution in [0, 0.1) is 0 Å². The van der Waals surface area contributed by atoms with Gasteiger partial charge in [0.15, 0.2) is 0 Å². The van der Waals surface area contributed by atoms with E-state index in [0.717, 1.165) is 0 Å². The Morgan fingerprint density at radius 2 is 1.84 bits per heavy atom. The summed E-state index contributed by atoms with van der Waals surface area (Å²) in [6.07, 6.45) is 3.40. The van der Waals surface area contributed by atoms with E-state index in [4.69, 9.17) is 18.9 Å². The van der Waals surface area contributed by atoms with Crippen LogP contribution < -0.4 is 14.8 Å². The van der Waals surface area contributed by atoms with Crippen molar-refractivity contribution in [2.24, 2.45) is 0 Å². The smallest absolute Gasteiger partial charge is 0.409 e. The first kappa shape index (κ1) is 25.0. The van der Waals surface area contributed by atoms with Crippen LogP contribution in [0.5, 0.6) is 11.5 Å². The molecule has 1 aliphatic rings. The second-order valence-electron chi connectivity index (χ2n) is 8.35. The molecule has 9 nitrogen and oxygen atoms in total. The SMILES string of the molecule is COC(=O)[C@]1(NC(=O)OC(C)(C)C)CC=CCCC(=O)N1Cc1ccc(OC)cc1OC. The molecular formula is C23H32N2O7. The Morgan fingerprint density at radius 1 is 1.12 bits per heavy atom. The Morgan fingerprint density at radius 3 is 2.44 bits per heavy atom. The van der Waals surface area contributed by atoms with Gasteiger partial charge in [0.25, 0.3) is 0 Å². The van der Waals surface area contributed by atoms with E-state index in [9.17, 15) is 14.4 Å². The minimum absolute atomic E-state index is 0.00919. The number of rotatable bonds is 6. The largest absolute Gasteiger partial charge is 0.497 e. The van der Waals surface area contributed by atoms with Crippen LogP contribution in [0.25, 0.3) is 0 Å². The highest BCUT2D eigenvalue weighted by molar-refractivity contribution is 5.91. The van der Waals surface area contributed by atoms with Crippen molar-refractivity contribution < 1.29 is 33.3 Å². The van der Waals surface area contributed by atoms with E-state index in [0.29, 0.717) is 23.5 Å². The van der Waals surface area contributed by atoms with E-state index in [-0.39, 0.29) is 25.3 Å². The van der Waals surface area contributed by atoms with E-state index in [1.807, 2.05) is 0 Å². The molecule has 1 heterocycles. The summed E-state index contributed by atoms with van der Waals surface area (Å²) < 4.78 is 21.1. The molecule has 0 bridgehead atoms. The minimum Gasteiger partial charge on any atom is -0.497 e. The molecule has 0 aromatic heterocycles. The number of alkyl carbamates (subject to hydrolysis) is 1. The number of hydrogen-bond acceptors (Lipinski definition) is 7. The fraction of sp³-hybridized carbons (Fsp3) is 0.522. The molecule has 1 atom stereocenters. The lowest BCUT2D eigenvalue weighted by Gasteiger charge is -2.42. The second-order valence-corrected chi connectivity index (χ2v) is 8.35. The Kier molecular flexibility index (Phi) is 8.13. The van der Waals surface area contributed by atoms with Gasteiger partial charge in [-0.15, -0.1) is 0 Å². The van der Waals surface area contributed by atoms with Crippen molar-refractivity contribution in [2.75, 3.05) is 21.3 Å². The first-order valence-corrected chi connectivity index (χ1v) is 10.3. The predicted molar refractivity (Wildman–Crippen MR) is 117 cm³/mol. The monoisotopic (exact) mass is 448 g/mol. The maximum atomic E-state index is 13.2. The highest BCUT2D eigenvalue weighted by Gasteiger charge is 2.49. The molecule has 1 aromatic rings.